The van der Waals surface area contributed by atoms with Crippen LogP contribution < -0.4 is 4.90 Å². The summed E-state index contributed by atoms with van der Waals surface area (Å²) < 4.78 is 15.6. The molecule has 4 aromatic rings. The molecule has 2 atom stereocenters. The molecule has 6 rings (SSSR count). The van der Waals surface area contributed by atoms with E-state index in [-0.39, 0.29) is 43.4 Å². The number of fused-ring (bicyclic) bond motifs is 1. The minimum atomic E-state index is -1.46. The van der Waals surface area contributed by atoms with Crippen LogP contribution in [-0.4, -0.2) is 22.6 Å². The first-order valence-electron chi connectivity index (χ1n) is 13.2. The Hall–Kier alpha value is -4.29. The van der Waals surface area contributed by atoms with Crippen molar-refractivity contribution in [2.24, 2.45) is 5.92 Å². The summed E-state index contributed by atoms with van der Waals surface area (Å²) in [5.41, 5.74) is 1.42. The zero-order valence-electron chi connectivity index (χ0n) is 21.6. The van der Waals surface area contributed by atoms with E-state index in [4.69, 9.17) is 11.6 Å². The molecule has 0 unspecified atom stereocenters. The number of likely N-dealkylation sites (tertiary alicyclic amines) is 1. The lowest BCUT2D eigenvalue weighted by Gasteiger charge is -2.33. The van der Waals surface area contributed by atoms with E-state index in [2.05, 4.69) is 0 Å². The lowest BCUT2D eigenvalue weighted by molar-refractivity contribution is -0.142. The highest BCUT2D eigenvalue weighted by atomic mass is 35.5. The monoisotopic (exact) mass is 552 g/mol. The van der Waals surface area contributed by atoms with Crippen LogP contribution in [0.25, 0.3) is 0 Å². The van der Waals surface area contributed by atoms with Gasteiger partial charge in [-0.05, 0) is 40.8 Å². The van der Waals surface area contributed by atoms with E-state index >= 15 is 4.39 Å². The average molecular weight is 553 g/mol. The lowest BCUT2D eigenvalue weighted by atomic mass is 9.66. The van der Waals surface area contributed by atoms with Crippen molar-refractivity contribution in [2.75, 3.05) is 4.90 Å². The normalized spacial score (nSPS) is 20.4. The Morgan fingerprint density at radius 1 is 0.750 bits per heavy atom. The molecule has 2 aliphatic rings. The van der Waals surface area contributed by atoms with Crippen LogP contribution in [0.4, 0.5) is 10.1 Å². The van der Waals surface area contributed by atoms with Gasteiger partial charge in [0, 0.05) is 11.4 Å². The van der Waals surface area contributed by atoms with E-state index in [0.717, 1.165) is 11.1 Å². The van der Waals surface area contributed by atoms with Crippen LogP contribution in [0.5, 0.6) is 0 Å². The van der Waals surface area contributed by atoms with Crippen molar-refractivity contribution in [3.63, 3.8) is 0 Å². The van der Waals surface area contributed by atoms with E-state index < -0.39 is 23.1 Å². The van der Waals surface area contributed by atoms with Crippen LogP contribution in [0.2, 0.25) is 5.02 Å². The second kappa shape index (κ2) is 10.4. The lowest BCUT2D eigenvalue weighted by Crippen LogP contribution is -2.49. The summed E-state index contributed by atoms with van der Waals surface area (Å²) in [4.78, 5) is 44.8. The number of imide groups is 1. The zero-order chi connectivity index (χ0) is 27.9. The fourth-order valence-corrected chi connectivity index (χ4v) is 6.30. The molecule has 1 saturated heterocycles. The molecule has 0 radical (unpaired) electrons. The maximum absolute atomic E-state index is 15.6. The first-order chi connectivity index (χ1) is 19.4. The molecular formula is C33H26ClFN2O3. The van der Waals surface area contributed by atoms with Gasteiger partial charge in [0.1, 0.15) is 5.82 Å². The number of nitrogens with zero attached hydrogens (tertiary/aromatic N) is 2. The summed E-state index contributed by atoms with van der Waals surface area (Å²) in [5, 5.41) is 0.448. The number of carbonyl (C=O) groups is 3. The molecule has 0 aliphatic carbocycles. The van der Waals surface area contributed by atoms with E-state index in [0.29, 0.717) is 16.1 Å². The van der Waals surface area contributed by atoms with Crippen LogP contribution >= 0.6 is 11.6 Å². The van der Waals surface area contributed by atoms with Crippen LogP contribution in [0, 0.1) is 11.7 Å². The van der Waals surface area contributed by atoms with Crippen LogP contribution in [0.1, 0.15) is 28.7 Å². The quantitative estimate of drug-likeness (QED) is 0.261. The highest BCUT2D eigenvalue weighted by Crippen LogP contribution is 2.53. The van der Waals surface area contributed by atoms with E-state index in [1.165, 1.54) is 15.9 Å². The number of halogens is 2. The summed E-state index contributed by atoms with van der Waals surface area (Å²) in [6, 6.07) is 30.4. The number of hydrogen-bond donors (Lipinski definition) is 0. The van der Waals surface area contributed by atoms with Crippen molar-refractivity contribution in [1.82, 2.24) is 4.90 Å². The first-order valence-corrected chi connectivity index (χ1v) is 13.5. The fraction of sp³-hybridized carbons (Fsp3) is 0.182. The fourth-order valence-electron chi connectivity index (χ4n) is 6.10. The number of anilines is 1. The van der Waals surface area contributed by atoms with Gasteiger partial charge in [0.05, 0.1) is 30.1 Å². The minimum absolute atomic E-state index is 0.00713. The van der Waals surface area contributed by atoms with Crippen molar-refractivity contribution in [2.45, 2.75) is 31.3 Å². The molecule has 2 aliphatic heterocycles. The van der Waals surface area contributed by atoms with Crippen molar-refractivity contribution in [3.8, 4) is 0 Å². The van der Waals surface area contributed by atoms with Gasteiger partial charge in [-0.15, -0.1) is 0 Å². The molecule has 40 heavy (non-hydrogen) atoms. The predicted molar refractivity (Wildman–Crippen MR) is 151 cm³/mol. The summed E-state index contributed by atoms with van der Waals surface area (Å²) >= 11 is 6.35. The zero-order valence-corrected chi connectivity index (χ0v) is 22.4. The van der Waals surface area contributed by atoms with Crippen LogP contribution in [0.15, 0.2) is 103 Å². The predicted octanol–water partition coefficient (Wildman–Crippen LogP) is 6.08. The Labute approximate surface area is 236 Å². The summed E-state index contributed by atoms with van der Waals surface area (Å²) in [6.45, 7) is 0.148. The first kappa shape index (κ1) is 26.0. The highest BCUT2D eigenvalue weighted by molar-refractivity contribution is 6.31. The maximum atomic E-state index is 15.6. The number of hydrogen-bond acceptors (Lipinski definition) is 3. The highest BCUT2D eigenvalue weighted by Gasteiger charge is 2.61. The van der Waals surface area contributed by atoms with Crippen LogP contribution in [-0.2, 0) is 39.3 Å². The number of para-hydroxylation sites is 1. The Balaban J connectivity index is 1.48. The van der Waals surface area contributed by atoms with Crippen molar-refractivity contribution in [1.29, 1.82) is 0 Å². The Morgan fingerprint density at radius 3 is 2.10 bits per heavy atom. The van der Waals surface area contributed by atoms with Gasteiger partial charge in [-0.25, -0.2) is 4.39 Å². The van der Waals surface area contributed by atoms with E-state index in [9.17, 15) is 14.4 Å². The number of carbonyl (C=O) groups excluding carboxylic acids is 3. The number of amides is 3. The molecule has 200 valence electrons. The molecule has 0 aromatic heterocycles. The minimum Gasteiger partial charge on any atom is -0.304 e. The van der Waals surface area contributed by atoms with Crippen molar-refractivity contribution >= 4 is 35.0 Å². The molecule has 1 fully saturated rings. The molecule has 2 heterocycles. The third-order valence-electron chi connectivity index (χ3n) is 8.00. The van der Waals surface area contributed by atoms with Gasteiger partial charge in [-0.2, -0.15) is 0 Å². The van der Waals surface area contributed by atoms with Gasteiger partial charge >= 0.3 is 0 Å². The molecular weight excluding hydrogens is 527 g/mol. The Morgan fingerprint density at radius 2 is 1.40 bits per heavy atom. The molecule has 0 N–H and O–H groups in total. The van der Waals surface area contributed by atoms with E-state index in [1.54, 1.807) is 36.4 Å². The van der Waals surface area contributed by atoms with E-state index in [1.807, 2.05) is 60.7 Å². The second-order valence-electron chi connectivity index (χ2n) is 10.3. The Bertz CT molecular complexity index is 1610. The van der Waals surface area contributed by atoms with Gasteiger partial charge in [-0.3, -0.25) is 19.3 Å². The summed E-state index contributed by atoms with van der Waals surface area (Å²) in [7, 11) is 0. The molecule has 0 bridgehead atoms. The average Bonchev–Trinajstić information content (AvgIpc) is 3.38. The second-order valence-corrected chi connectivity index (χ2v) is 10.7. The van der Waals surface area contributed by atoms with Gasteiger partial charge in [0.15, 0.2) is 0 Å². The van der Waals surface area contributed by atoms with Gasteiger partial charge in [-0.1, -0.05) is 103 Å². The molecule has 3 amide bonds. The van der Waals surface area contributed by atoms with Crippen molar-refractivity contribution < 1.29 is 18.8 Å². The van der Waals surface area contributed by atoms with Gasteiger partial charge < -0.3 is 4.90 Å². The standard InChI is InChI=1S/C33H26ClFN2O3/c34-27-16-8-7-14-24(27)21-36-29(38)18-26(31(36)39)33(19-22-10-3-1-4-11-22)25-15-9-17-28(35)30(25)37(32(33)40)20-23-12-5-2-6-13-23/h1-17,26H,18-21H2/t26-,33+/m0/s1. The largest absolute Gasteiger partial charge is 0.304 e. The third kappa shape index (κ3) is 4.29. The topological polar surface area (TPSA) is 57.7 Å². The Kier molecular flexibility index (Phi) is 6.72. The third-order valence-corrected chi connectivity index (χ3v) is 8.37. The number of benzene rings is 4. The number of rotatable bonds is 7. The molecule has 0 spiro atoms. The SMILES string of the molecule is O=C1C[C@H]([C@]2(Cc3ccccc3)C(=O)N(Cc3ccccc3)c3c(F)cccc32)C(=O)N1Cc1ccccc1Cl. The van der Waals surface area contributed by atoms with Gasteiger partial charge in [0.2, 0.25) is 17.7 Å². The van der Waals surface area contributed by atoms with Crippen molar-refractivity contribution in [3.05, 3.63) is 136 Å². The summed E-state index contributed by atoms with van der Waals surface area (Å²) in [6.07, 6.45) is -0.00493. The smallest absolute Gasteiger partial charge is 0.239 e. The molecule has 7 heteroatoms. The molecule has 5 nitrogen and oxygen atoms in total. The van der Waals surface area contributed by atoms with Gasteiger partial charge in [0.25, 0.3) is 0 Å². The summed E-state index contributed by atoms with van der Waals surface area (Å²) in [5.74, 6) is -2.76. The molecule has 0 saturated carbocycles. The van der Waals surface area contributed by atoms with Crippen LogP contribution in [0.3, 0.4) is 0 Å². The molecule has 4 aromatic carbocycles. The maximum Gasteiger partial charge on any atom is 0.239 e.